The van der Waals surface area contributed by atoms with Crippen LogP contribution in [0, 0.1) is 5.92 Å². The third kappa shape index (κ3) is 3.61. The predicted octanol–water partition coefficient (Wildman–Crippen LogP) is 3.49. The van der Waals surface area contributed by atoms with Crippen molar-refractivity contribution in [1.82, 2.24) is 4.90 Å². The summed E-state index contributed by atoms with van der Waals surface area (Å²) in [7, 11) is 0. The van der Waals surface area contributed by atoms with Gasteiger partial charge in [-0.3, -0.25) is 4.79 Å². The number of amides is 1. The molecular formula is C16H23BrN2O. The normalized spacial score (nSPS) is 20.1. The van der Waals surface area contributed by atoms with Crippen LogP contribution in [-0.4, -0.2) is 23.9 Å². The molecule has 1 amide bonds. The van der Waals surface area contributed by atoms with Crippen molar-refractivity contribution < 1.29 is 4.79 Å². The molecule has 4 heteroatoms. The van der Waals surface area contributed by atoms with Gasteiger partial charge in [-0.15, -0.1) is 0 Å². The maximum absolute atomic E-state index is 12.6. The fourth-order valence-corrected chi connectivity index (χ4v) is 3.34. The van der Waals surface area contributed by atoms with Crippen molar-refractivity contribution in [3.8, 4) is 0 Å². The van der Waals surface area contributed by atoms with E-state index in [0.29, 0.717) is 6.54 Å². The summed E-state index contributed by atoms with van der Waals surface area (Å²) in [5.74, 6) is 0.354. The number of carbonyl (C=O) groups excluding carboxylic acids is 1. The molecule has 20 heavy (non-hydrogen) atoms. The molecular weight excluding hydrogens is 316 g/mol. The average Bonchev–Trinajstić information content (AvgIpc) is 2.93. The summed E-state index contributed by atoms with van der Waals surface area (Å²) in [6.07, 6.45) is 3.96. The molecule has 1 aliphatic rings. The van der Waals surface area contributed by atoms with E-state index in [1.165, 1.54) is 5.56 Å². The smallest absolute Gasteiger partial charge is 0.225 e. The number of carbonyl (C=O) groups is 1. The molecule has 1 heterocycles. The molecule has 0 spiro atoms. The first-order chi connectivity index (χ1) is 9.63. The van der Waals surface area contributed by atoms with Crippen LogP contribution in [0.5, 0.6) is 0 Å². The number of nitrogens with zero attached hydrogens (tertiary/aromatic N) is 1. The summed E-state index contributed by atoms with van der Waals surface area (Å²) in [4.78, 5) is 14.7. The first-order valence-corrected chi connectivity index (χ1v) is 8.18. The number of likely N-dealkylation sites (tertiary alicyclic amines) is 1. The van der Waals surface area contributed by atoms with Gasteiger partial charge in [-0.2, -0.15) is 0 Å². The van der Waals surface area contributed by atoms with Crippen molar-refractivity contribution in [3.05, 3.63) is 34.3 Å². The molecule has 110 valence electrons. The van der Waals surface area contributed by atoms with Gasteiger partial charge in [0.1, 0.15) is 0 Å². The maximum atomic E-state index is 12.6. The topological polar surface area (TPSA) is 46.3 Å². The van der Waals surface area contributed by atoms with E-state index in [1.807, 2.05) is 19.1 Å². The largest absolute Gasteiger partial charge is 0.335 e. The van der Waals surface area contributed by atoms with Gasteiger partial charge in [0.2, 0.25) is 5.91 Å². The van der Waals surface area contributed by atoms with E-state index in [4.69, 9.17) is 5.73 Å². The van der Waals surface area contributed by atoms with Gasteiger partial charge in [0.15, 0.2) is 0 Å². The molecule has 1 aliphatic heterocycles. The van der Waals surface area contributed by atoms with E-state index in [2.05, 4.69) is 33.0 Å². The second kappa shape index (κ2) is 7.23. The number of hydrogen-bond acceptors (Lipinski definition) is 2. The summed E-state index contributed by atoms with van der Waals surface area (Å²) in [5.41, 5.74) is 6.77. The number of hydrogen-bond donors (Lipinski definition) is 1. The van der Waals surface area contributed by atoms with Crippen LogP contribution in [0.25, 0.3) is 0 Å². The highest BCUT2D eigenvalue weighted by Gasteiger charge is 2.32. The quantitative estimate of drug-likeness (QED) is 0.893. The third-order valence-corrected chi connectivity index (χ3v) is 4.53. The lowest BCUT2D eigenvalue weighted by atomic mass is 10.0. The van der Waals surface area contributed by atoms with Crippen LogP contribution in [0.2, 0.25) is 0 Å². The van der Waals surface area contributed by atoms with Crippen LogP contribution in [0.1, 0.15) is 44.2 Å². The molecule has 2 unspecified atom stereocenters. The molecule has 1 saturated heterocycles. The van der Waals surface area contributed by atoms with E-state index in [-0.39, 0.29) is 17.9 Å². The Morgan fingerprint density at radius 3 is 3.05 bits per heavy atom. The Morgan fingerprint density at radius 1 is 1.55 bits per heavy atom. The van der Waals surface area contributed by atoms with E-state index >= 15 is 0 Å². The zero-order chi connectivity index (χ0) is 14.5. The molecule has 1 fully saturated rings. The second-order valence-electron chi connectivity index (χ2n) is 5.58. The van der Waals surface area contributed by atoms with Crippen molar-refractivity contribution >= 4 is 21.8 Å². The van der Waals surface area contributed by atoms with Crippen molar-refractivity contribution in [2.45, 2.75) is 38.6 Å². The molecule has 0 aromatic heterocycles. The fraction of sp³-hybridized carbons (Fsp3) is 0.562. The number of benzene rings is 1. The number of nitrogens with two attached hydrogens (primary N) is 1. The molecule has 0 aliphatic carbocycles. The average molecular weight is 339 g/mol. The molecule has 3 nitrogen and oxygen atoms in total. The molecule has 2 N–H and O–H groups in total. The van der Waals surface area contributed by atoms with Gasteiger partial charge in [0, 0.05) is 16.9 Å². The second-order valence-corrected chi connectivity index (χ2v) is 6.49. The fourth-order valence-electron chi connectivity index (χ4n) is 2.92. The molecule has 2 atom stereocenters. The van der Waals surface area contributed by atoms with Crippen LogP contribution in [0.4, 0.5) is 0 Å². The monoisotopic (exact) mass is 338 g/mol. The van der Waals surface area contributed by atoms with Gasteiger partial charge in [-0.1, -0.05) is 35.0 Å². The van der Waals surface area contributed by atoms with Crippen molar-refractivity contribution in [2.24, 2.45) is 11.7 Å². The van der Waals surface area contributed by atoms with Crippen molar-refractivity contribution in [1.29, 1.82) is 0 Å². The van der Waals surface area contributed by atoms with Crippen LogP contribution in [0.15, 0.2) is 28.7 Å². The van der Waals surface area contributed by atoms with Crippen LogP contribution >= 0.6 is 15.9 Å². The first kappa shape index (κ1) is 15.5. The lowest BCUT2D eigenvalue weighted by Gasteiger charge is -2.28. The predicted molar refractivity (Wildman–Crippen MR) is 85.3 cm³/mol. The van der Waals surface area contributed by atoms with Crippen molar-refractivity contribution in [2.75, 3.05) is 13.1 Å². The molecule has 1 aromatic rings. The Morgan fingerprint density at radius 2 is 2.35 bits per heavy atom. The Labute approximate surface area is 129 Å². The van der Waals surface area contributed by atoms with E-state index in [0.717, 1.165) is 36.7 Å². The van der Waals surface area contributed by atoms with Gasteiger partial charge in [0.05, 0.1) is 6.04 Å². The number of rotatable bonds is 5. The van der Waals surface area contributed by atoms with Crippen LogP contribution in [0.3, 0.4) is 0 Å². The standard InChI is InChI=1S/C16H23BrN2O/c1-12(5-3-9-18)16(20)19-10-4-8-15(19)13-6-2-7-14(17)11-13/h2,6-7,11-12,15H,3-5,8-10,18H2,1H3. The lowest BCUT2D eigenvalue weighted by Crippen LogP contribution is -2.35. The SMILES string of the molecule is CC(CCCN)C(=O)N1CCCC1c1cccc(Br)c1. The number of halogens is 1. The Balaban J connectivity index is 2.09. The molecule has 1 aromatic carbocycles. The highest BCUT2D eigenvalue weighted by Crippen LogP contribution is 2.34. The van der Waals surface area contributed by atoms with Gasteiger partial charge >= 0.3 is 0 Å². The molecule has 0 radical (unpaired) electrons. The summed E-state index contributed by atoms with van der Waals surface area (Å²) in [6.45, 7) is 3.56. The third-order valence-electron chi connectivity index (χ3n) is 4.03. The van der Waals surface area contributed by atoms with E-state index in [9.17, 15) is 4.79 Å². The highest BCUT2D eigenvalue weighted by atomic mass is 79.9. The Kier molecular flexibility index (Phi) is 5.61. The minimum atomic E-state index is 0.0753. The summed E-state index contributed by atoms with van der Waals surface area (Å²) in [5, 5.41) is 0. The lowest BCUT2D eigenvalue weighted by molar-refractivity contribution is -0.136. The summed E-state index contributed by atoms with van der Waals surface area (Å²) in [6, 6.07) is 8.54. The summed E-state index contributed by atoms with van der Waals surface area (Å²) >= 11 is 3.51. The highest BCUT2D eigenvalue weighted by molar-refractivity contribution is 9.10. The van der Waals surface area contributed by atoms with Crippen LogP contribution in [-0.2, 0) is 4.79 Å². The van der Waals surface area contributed by atoms with Gasteiger partial charge in [-0.25, -0.2) is 0 Å². The Hall–Kier alpha value is -0.870. The summed E-state index contributed by atoms with van der Waals surface area (Å²) < 4.78 is 1.07. The first-order valence-electron chi connectivity index (χ1n) is 7.39. The zero-order valence-corrected chi connectivity index (χ0v) is 13.6. The van der Waals surface area contributed by atoms with E-state index in [1.54, 1.807) is 0 Å². The molecule has 0 bridgehead atoms. The Bertz CT molecular complexity index is 464. The molecule has 0 saturated carbocycles. The van der Waals surface area contributed by atoms with E-state index < -0.39 is 0 Å². The van der Waals surface area contributed by atoms with Gasteiger partial charge < -0.3 is 10.6 Å². The minimum Gasteiger partial charge on any atom is -0.335 e. The van der Waals surface area contributed by atoms with Gasteiger partial charge in [0.25, 0.3) is 0 Å². The van der Waals surface area contributed by atoms with Crippen LogP contribution < -0.4 is 5.73 Å². The van der Waals surface area contributed by atoms with Gasteiger partial charge in [-0.05, 0) is 49.9 Å². The molecule has 2 rings (SSSR count). The maximum Gasteiger partial charge on any atom is 0.225 e. The minimum absolute atomic E-state index is 0.0753. The van der Waals surface area contributed by atoms with Crippen molar-refractivity contribution in [3.63, 3.8) is 0 Å². The zero-order valence-electron chi connectivity index (χ0n) is 12.0.